The van der Waals surface area contributed by atoms with Crippen molar-refractivity contribution >= 4 is 46.1 Å². The topological polar surface area (TPSA) is 47.0 Å². The second kappa shape index (κ2) is 11.1. The normalized spacial score (nSPS) is 11.7. The van der Waals surface area contributed by atoms with Gasteiger partial charge in [-0.25, -0.2) is 0 Å². The molecule has 0 bridgehead atoms. The van der Waals surface area contributed by atoms with E-state index in [1.807, 2.05) is 152 Å². The van der Waals surface area contributed by atoms with Gasteiger partial charge in [0.15, 0.2) is 14.3 Å². The van der Waals surface area contributed by atoms with Crippen LogP contribution in [0, 0.1) is 0 Å². The van der Waals surface area contributed by atoms with Crippen molar-refractivity contribution in [2.45, 2.75) is 0 Å². The molecular weight excluding hydrogens is 528 g/mol. The molecular formula is C35H27NO2P2. The minimum absolute atomic E-state index is 0.643. The average Bonchev–Trinajstić information content (AvgIpc) is 3.06. The average molecular weight is 556 g/mol. The van der Waals surface area contributed by atoms with E-state index in [2.05, 4.69) is 4.98 Å². The quantitative estimate of drug-likeness (QED) is 0.226. The van der Waals surface area contributed by atoms with E-state index in [0.717, 1.165) is 32.3 Å². The van der Waals surface area contributed by atoms with Crippen LogP contribution in [0.3, 0.4) is 0 Å². The van der Waals surface area contributed by atoms with Gasteiger partial charge in [-0.15, -0.1) is 0 Å². The highest BCUT2D eigenvalue weighted by molar-refractivity contribution is 7.86. The Bertz CT molecular complexity index is 1740. The monoisotopic (exact) mass is 555 g/mol. The standard InChI is InChI=1S/C35H27NO2P2/c37-39(29-13-5-1-6-14-29,30-15-7-2-8-16-30)33-21-22-34(28-23-25-36-26-24-28)35(27-33)40(38,31-17-9-3-10-18-31)32-19-11-4-12-20-32/h1-27H. The molecule has 0 aliphatic rings. The van der Waals surface area contributed by atoms with Gasteiger partial charge in [-0.05, 0) is 29.3 Å². The molecule has 5 heteroatoms. The van der Waals surface area contributed by atoms with Gasteiger partial charge < -0.3 is 9.13 Å². The van der Waals surface area contributed by atoms with E-state index in [4.69, 9.17) is 0 Å². The summed E-state index contributed by atoms with van der Waals surface area (Å²) < 4.78 is 31.0. The Morgan fingerprint density at radius 1 is 0.400 bits per heavy atom. The highest BCUT2D eigenvalue weighted by Gasteiger charge is 2.36. The van der Waals surface area contributed by atoms with Gasteiger partial charge in [0.25, 0.3) is 0 Å². The molecule has 0 atom stereocenters. The SMILES string of the molecule is O=P(c1ccccc1)(c1ccccc1)c1ccc(-c2ccncc2)c(P(=O)(c2ccccc2)c2ccccc2)c1. The van der Waals surface area contributed by atoms with Crippen LogP contribution in [0.25, 0.3) is 11.1 Å². The van der Waals surface area contributed by atoms with Gasteiger partial charge in [0.05, 0.1) is 0 Å². The maximum Gasteiger partial charge on any atom is 0.171 e. The fraction of sp³-hybridized carbons (Fsp3) is 0. The van der Waals surface area contributed by atoms with Crippen LogP contribution in [-0.4, -0.2) is 4.98 Å². The molecule has 0 N–H and O–H groups in total. The molecule has 0 unspecified atom stereocenters. The zero-order valence-electron chi connectivity index (χ0n) is 21.7. The maximum atomic E-state index is 15.7. The number of aromatic nitrogens is 1. The Kier molecular flexibility index (Phi) is 7.18. The summed E-state index contributed by atoms with van der Waals surface area (Å²) >= 11 is 0. The molecule has 0 amide bonds. The number of rotatable bonds is 7. The van der Waals surface area contributed by atoms with E-state index in [9.17, 15) is 0 Å². The Hall–Kier alpha value is -4.29. The summed E-state index contributed by atoms with van der Waals surface area (Å²) in [6.45, 7) is 0. The van der Waals surface area contributed by atoms with Gasteiger partial charge in [-0.3, -0.25) is 4.98 Å². The van der Waals surface area contributed by atoms with Crippen LogP contribution in [0.15, 0.2) is 164 Å². The molecule has 194 valence electrons. The highest BCUT2D eigenvalue weighted by Crippen LogP contribution is 2.48. The van der Waals surface area contributed by atoms with Gasteiger partial charge in [-0.2, -0.15) is 0 Å². The summed E-state index contributed by atoms with van der Waals surface area (Å²) in [5.41, 5.74) is 1.73. The molecule has 5 aromatic carbocycles. The molecule has 0 fully saturated rings. The second-order valence-corrected chi connectivity index (χ2v) is 15.0. The third kappa shape index (κ3) is 4.58. The van der Waals surface area contributed by atoms with Crippen LogP contribution < -0.4 is 31.8 Å². The molecule has 0 saturated heterocycles. The van der Waals surface area contributed by atoms with E-state index in [1.54, 1.807) is 12.4 Å². The third-order valence-corrected chi connectivity index (χ3v) is 13.3. The van der Waals surface area contributed by atoms with E-state index < -0.39 is 14.3 Å². The van der Waals surface area contributed by atoms with Gasteiger partial charge in [0.1, 0.15) is 0 Å². The van der Waals surface area contributed by atoms with Gasteiger partial charge >= 0.3 is 0 Å². The van der Waals surface area contributed by atoms with Crippen molar-refractivity contribution in [2.75, 3.05) is 0 Å². The van der Waals surface area contributed by atoms with Crippen LogP contribution in [0.2, 0.25) is 0 Å². The second-order valence-electron chi connectivity index (χ2n) is 9.50. The van der Waals surface area contributed by atoms with Crippen molar-refractivity contribution in [3.63, 3.8) is 0 Å². The van der Waals surface area contributed by atoms with Crippen LogP contribution in [0.5, 0.6) is 0 Å². The molecule has 40 heavy (non-hydrogen) atoms. The first-order valence-corrected chi connectivity index (χ1v) is 16.5. The van der Waals surface area contributed by atoms with Crippen molar-refractivity contribution in [2.24, 2.45) is 0 Å². The van der Waals surface area contributed by atoms with Crippen LogP contribution in [-0.2, 0) is 9.13 Å². The largest absolute Gasteiger partial charge is 0.309 e. The number of hydrogen-bond acceptors (Lipinski definition) is 3. The first-order valence-electron chi connectivity index (χ1n) is 13.1. The minimum Gasteiger partial charge on any atom is -0.309 e. The number of benzene rings is 5. The summed E-state index contributed by atoms with van der Waals surface area (Å²) in [5.74, 6) is 0. The number of pyridine rings is 1. The minimum atomic E-state index is -3.40. The maximum absolute atomic E-state index is 15.7. The molecule has 0 saturated carbocycles. The smallest absolute Gasteiger partial charge is 0.171 e. The lowest BCUT2D eigenvalue weighted by Crippen LogP contribution is -2.31. The predicted molar refractivity (Wildman–Crippen MR) is 168 cm³/mol. The third-order valence-electron chi connectivity index (χ3n) is 7.15. The number of nitrogens with zero attached hydrogens (tertiary/aromatic N) is 1. The Labute approximate surface area is 235 Å². The van der Waals surface area contributed by atoms with Crippen molar-refractivity contribution < 1.29 is 9.13 Å². The van der Waals surface area contributed by atoms with Gasteiger partial charge in [-0.1, -0.05) is 133 Å². The zero-order valence-corrected chi connectivity index (χ0v) is 23.5. The lowest BCUT2D eigenvalue weighted by molar-refractivity contribution is 0.592. The fourth-order valence-corrected chi connectivity index (χ4v) is 10.9. The Morgan fingerprint density at radius 3 is 1.23 bits per heavy atom. The van der Waals surface area contributed by atoms with Crippen LogP contribution in [0.1, 0.15) is 0 Å². The van der Waals surface area contributed by atoms with Crippen LogP contribution in [0.4, 0.5) is 0 Å². The lowest BCUT2D eigenvalue weighted by atomic mass is 10.1. The molecule has 0 aliphatic carbocycles. The van der Waals surface area contributed by atoms with E-state index >= 15 is 9.13 Å². The predicted octanol–water partition coefficient (Wildman–Crippen LogP) is 6.03. The molecule has 6 rings (SSSR count). The Morgan fingerprint density at radius 2 is 0.800 bits per heavy atom. The molecule has 3 nitrogen and oxygen atoms in total. The highest BCUT2D eigenvalue weighted by atomic mass is 31.2. The van der Waals surface area contributed by atoms with Crippen molar-refractivity contribution in [1.29, 1.82) is 0 Å². The van der Waals surface area contributed by atoms with E-state index in [-0.39, 0.29) is 0 Å². The first-order chi connectivity index (χ1) is 19.6. The van der Waals surface area contributed by atoms with Gasteiger partial charge in [0, 0.05) is 44.2 Å². The lowest BCUT2D eigenvalue weighted by Gasteiger charge is -2.26. The summed E-state index contributed by atoms with van der Waals surface area (Å²) in [7, 11) is -6.70. The molecule has 6 aromatic rings. The summed E-state index contributed by atoms with van der Waals surface area (Å²) in [4.78, 5) is 4.20. The van der Waals surface area contributed by atoms with Gasteiger partial charge in [0.2, 0.25) is 0 Å². The zero-order chi connectivity index (χ0) is 27.4. The van der Waals surface area contributed by atoms with Crippen molar-refractivity contribution in [3.8, 4) is 11.1 Å². The molecule has 1 heterocycles. The first kappa shape index (κ1) is 26.0. The molecule has 0 aliphatic heterocycles. The summed E-state index contributed by atoms with van der Waals surface area (Å²) in [6.07, 6.45) is 3.48. The molecule has 0 spiro atoms. The van der Waals surface area contributed by atoms with Crippen molar-refractivity contribution in [1.82, 2.24) is 4.98 Å². The fourth-order valence-electron chi connectivity index (χ4n) is 5.18. The molecule has 0 radical (unpaired) electrons. The van der Waals surface area contributed by atoms with Crippen molar-refractivity contribution in [3.05, 3.63) is 164 Å². The molecule has 1 aromatic heterocycles. The van der Waals surface area contributed by atoms with E-state index in [1.165, 1.54) is 0 Å². The summed E-state index contributed by atoms with van der Waals surface area (Å²) in [6, 6.07) is 48.0. The number of hydrogen-bond donors (Lipinski definition) is 0. The summed E-state index contributed by atoms with van der Waals surface area (Å²) in [5, 5.41) is 4.22. The Balaban J connectivity index is 1.71. The van der Waals surface area contributed by atoms with Crippen LogP contribution >= 0.6 is 14.3 Å². The van der Waals surface area contributed by atoms with E-state index in [0.29, 0.717) is 10.6 Å².